The quantitative estimate of drug-likeness (QED) is 0.115. The van der Waals surface area contributed by atoms with Gasteiger partial charge in [-0.2, -0.15) is 0 Å². The van der Waals surface area contributed by atoms with E-state index < -0.39 is 11.9 Å². The minimum absolute atomic E-state index is 0.0254. The number of ether oxygens (including phenoxy) is 2. The van der Waals surface area contributed by atoms with Crippen molar-refractivity contribution < 1.29 is 23.0 Å². The molecule has 1 heterocycles. The topological polar surface area (TPSA) is 35.5 Å². The summed E-state index contributed by atoms with van der Waals surface area (Å²) in [7, 11) is 0. The van der Waals surface area contributed by atoms with E-state index in [0.717, 1.165) is 22.6 Å². The number of hydrogen-bond donors (Lipinski definition) is 0. The second-order valence-corrected chi connectivity index (χ2v) is 10.3. The van der Waals surface area contributed by atoms with E-state index in [-0.39, 0.29) is 38.9 Å². The van der Waals surface area contributed by atoms with Gasteiger partial charge < -0.3 is 9.47 Å². The summed E-state index contributed by atoms with van der Waals surface area (Å²) in [6.45, 7) is 7.87. The largest absolute Gasteiger partial charge is 0.494 e. The Hall–Kier alpha value is -2.73. The first-order valence-corrected chi connectivity index (χ1v) is 13.6. The third-order valence-corrected chi connectivity index (χ3v) is 7.30. The molecule has 0 bridgehead atoms. The maximum Gasteiger partial charge on any atom is 0.330 e. The van der Waals surface area contributed by atoms with Crippen molar-refractivity contribution in [2.24, 2.45) is 0 Å². The molecule has 0 fully saturated rings. The Morgan fingerprint density at radius 1 is 1.03 bits per heavy atom. The lowest BCUT2D eigenvalue weighted by Crippen LogP contribution is -2.18. The Morgan fingerprint density at radius 2 is 1.81 bits per heavy atom. The smallest absolute Gasteiger partial charge is 0.330 e. The maximum absolute atomic E-state index is 14.0. The summed E-state index contributed by atoms with van der Waals surface area (Å²) in [6, 6.07) is 14.9. The summed E-state index contributed by atoms with van der Waals surface area (Å²) in [6.07, 6.45) is 5.65. The molecule has 0 atom stereocenters. The van der Waals surface area contributed by atoms with Gasteiger partial charge in [0.2, 0.25) is 5.92 Å². The molecule has 0 saturated carbocycles. The summed E-state index contributed by atoms with van der Waals surface area (Å²) in [5.74, 6) is -2.70. The predicted octanol–water partition coefficient (Wildman–Crippen LogP) is 8.91. The first-order chi connectivity index (χ1) is 17.3. The fourth-order valence-corrected chi connectivity index (χ4v) is 5.36. The second kappa shape index (κ2) is 13.5. The summed E-state index contributed by atoms with van der Waals surface area (Å²) < 4.78 is 39.7. The molecule has 3 aromatic rings. The molecule has 0 N–H and O–H groups in total. The molecule has 0 amide bonds. The summed E-state index contributed by atoms with van der Waals surface area (Å²) in [5, 5.41) is 1.15. The van der Waals surface area contributed by atoms with Crippen LogP contribution in [0.1, 0.15) is 63.0 Å². The van der Waals surface area contributed by atoms with Gasteiger partial charge in [0, 0.05) is 28.5 Å². The van der Waals surface area contributed by atoms with Crippen molar-refractivity contribution in [3.63, 3.8) is 0 Å². The van der Waals surface area contributed by atoms with Crippen molar-refractivity contribution in [3.8, 4) is 16.2 Å². The molecule has 3 rings (SSSR count). The van der Waals surface area contributed by atoms with Crippen molar-refractivity contribution >= 4 is 27.4 Å². The Morgan fingerprint density at radius 3 is 2.53 bits per heavy atom. The fraction of sp³-hybridized carbons (Fsp3) is 0.433. The molecule has 0 aliphatic carbocycles. The molecule has 1 aromatic heterocycles. The van der Waals surface area contributed by atoms with Gasteiger partial charge in [0.1, 0.15) is 5.75 Å². The molecular formula is C30H36F2O3S. The first-order valence-electron chi connectivity index (χ1n) is 12.7. The van der Waals surface area contributed by atoms with Crippen LogP contribution in [0.15, 0.2) is 55.1 Å². The highest BCUT2D eigenvalue weighted by atomic mass is 32.1. The molecular weight excluding hydrogens is 478 g/mol. The molecule has 0 unspecified atom stereocenters. The lowest BCUT2D eigenvalue weighted by atomic mass is 10.00. The summed E-state index contributed by atoms with van der Waals surface area (Å²) in [5.41, 5.74) is 3.93. The van der Waals surface area contributed by atoms with E-state index in [1.165, 1.54) is 40.8 Å². The molecule has 6 heteroatoms. The molecule has 0 radical (unpaired) electrons. The van der Waals surface area contributed by atoms with Crippen LogP contribution in [-0.2, 0) is 16.0 Å². The van der Waals surface area contributed by atoms with Crippen LogP contribution >= 0.6 is 11.3 Å². The van der Waals surface area contributed by atoms with Crippen LogP contribution in [0.5, 0.6) is 5.75 Å². The zero-order valence-electron chi connectivity index (χ0n) is 21.3. The number of carbonyl (C=O) groups is 1. The van der Waals surface area contributed by atoms with Crippen molar-refractivity contribution in [3.05, 3.63) is 66.2 Å². The van der Waals surface area contributed by atoms with E-state index >= 15 is 0 Å². The van der Waals surface area contributed by atoms with E-state index in [1.807, 2.05) is 18.2 Å². The number of aryl methyl sites for hydroxylation is 2. The van der Waals surface area contributed by atoms with Gasteiger partial charge in [-0.25, -0.2) is 13.6 Å². The molecule has 0 aliphatic rings. The Bertz CT molecular complexity index is 1150. The molecule has 36 heavy (non-hydrogen) atoms. The lowest BCUT2D eigenvalue weighted by molar-refractivity contribution is -0.138. The van der Waals surface area contributed by atoms with Crippen LogP contribution in [0.3, 0.4) is 0 Å². The molecule has 2 aromatic carbocycles. The van der Waals surface area contributed by atoms with Gasteiger partial charge in [-0.1, -0.05) is 44.5 Å². The molecule has 0 saturated heterocycles. The average Bonchev–Trinajstić information content (AvgIpc) is 3.27. The Kier molecular flexibility index (Phi) is 10.5. The Labute approximate surface area is 217 Å². The summed E-state index contributed by atoms with van der Waals surface area (Å²) >= 11 is 1.72. The number of esters is 1. The van der Waals surface area contributed by atoms with Crippen LogP contribution in [0.4, 0.5) is 8.78 Å². The normalized spacial score (nSPS) is 11.6. The van der Waals surface area contributed by atoms with Crippen LogP contribution in [0.25, 0.3) is 20.5 Å². The SMILES string of the molecule is C=CC(=O)OCCCC(F)(F)CCCOc1ccc2cc(-c3ccc(CCCCC)cc3C)sc2c1. The van der Waals surface area contributed by atoms with Gasteiger partial charge in [-0.15, -0.1) is 11.3 Å². The number of halogens is 2. The number of carbonyl (C=O) groups excluding carboxylic acids is 1. The van der Waals surface area contributed by atoms with E-state index in [2.05, 4.69) is 44.7 Å². The zero-order chi connectivity index (χ0) is 26.0. The molecule has 194 valence electrons. The number of hydrogen-bond acceptors (Lipinski definition) is 4. The van der Waals surface area contributed by atoms with Crippen LogP contribution in [-0.4, -0.2) is 25.1 Å². The highest BCUT2D eigenvalue weighted by Crippen LogP contribution is 2.37. The zero-order valence-corrected chi connectivity index (χ0v) is 22.1. The maximum atomic E-state index is 14.0. The van der Waals surface area contributed by atoms with Crippen LogP contribution in [0, 0.1) is 6.92 Å². The van der Waals surface area contributed by atoms with Crippen LogP contribution in [0.2, 0.25) is 0 Å². The molecule has 0 spiro atoms. The van der Waals surface area contributed by atoms with Crippen molar-refractivity contribution in [2.75, 3.05) is 13.2 Å². The highest BCUT2D eigenvalue weighted by Gasteiger charge is 2.27. The molecule has 0 aliphatic heterocycles. The highest BCUT2D eigenvalue weighted by molar-refractivity contribution is 7.22. The third kappa shape index (κ3) is 8.44. The van der Waals surface area contributed by atoms with E-state index in [9.17, 15) is 13.6 Å². The molecule has 3 nitrogen and oxygen atoms in total. The number of benzene rings is 2. The predicted molar refractivity (Wildman–Crippen MR) is 145 cm³/mol. The van der Waals surface area contributed by atoms with Crippen molar-refractivity contribution in [1.29, 1.82) is 0 Å². The average molecular weight is 515 g/mol. The minimum atomic E-state index is -2.81. The number of alkyl halides is 2. The monoisotopic (exact) mass is 514 g/mol. The number of rotatable bonds is 15. The van der Waals surface area contributed by atoms with E-state index in [1.54, 1.807) is 11.3 Å². The standard InChI is InChI=1S/C30H36F2O3S/c1-4-6-7-10-23-11-14-26(22(3)19-23)28-20-24-12-13-25(21-27(24)36-28)34-17-8-15-30(31,32)16-9-18-35-29(33)5-2/h5,11-14,19-21H,2,4,6-10,15-18H2,1,3H3. The van der Waals surface area contributed by atoms with Gasteiger partial charge >= 0.3 is 5.97 Å². The third-order valence-electron chi connectivity index (χ3n) is 6.17. The van der Waals surface area contributed by atoms with E-state index in [4.69, 9.17) is 9.47 Å². The van der Waals surface area contributed by atoms with Gasteiger partial charge in [0.25, 0.3) is 0 Å². The first kappa shape index (κ1) is 27.9. The fourth-order valence-electron chi connectivity index (χ4n) is 4.18. The second-order valence-electron chi connectivity index (χ2n) is 9.20. The number of thiophene rings is 1. The van der Waals surface area contributed by atoms with Gasteiger partial charge in [0.15, 0.2) is 0 Å². The van der Waals surface area contributed by atoms with Gasteiger partial charge in [-0.3, -0.25) is 0 Å². The van der Waals surface area contributed by atoms with Gasteiger partial charge in [0.05, 0.1) is 13.2 Å². The minimum Gasteiger partial charge on any atom is -0.494 e. The Balaban J connectivity index is 1.51. The van der Waals surface area contributed by atoms with Gasteiger partial charge in [-0.05, 0) is 78.9 Å². The summed E-state index contributed by atoms with van der Waals surface area (Å²) in [4.78, 5) is 12.2. The van der Waals surface area contributed by atoms with Crippen LogP contribution < -0.4 is 4.74 Å². The van der Waals surface area contributed by atoms with Crippen molar-refractivity contribution in [2.45, 2.75) is 71.1 Å². The number of fused-ring (bicyclic) bond motifs is 1. The van der Waals surface area contributed by atoms with E-state index in [0.29, 0.717) is 5.75 Å². The lowest BCUT2D eigenvalue weighted by Gasteiger charge is -2.16. The number of unbranched alkanes of at least 4 members (excludes halogenated alkanes) is 2. The van der Waals surface area contributed by atoms with Crippen molar-refractivity contribution in [1.82, 2.24) is 0 Å².